The van der Waals surface area contributed by atoms with Gasteiger partial charge in [-0.25, -0.2) is 0 Å². The van der Waals surface area contributed by atoms with E-state index in [0.717, 1.165) is 37.2 Å². The number of hydrogen-bond acceptors (Lipinski definition) is 3. The van der Waals surface area contributed by atoms with E-state index in [0.29, 0.717) is 18.4 Å². The Labute approximate surface area is 154 Å². The highest BCUT2D eigenvalue weighted by molar-refractivity contribution is 6.05. The largest absolute Gasteiger partial charge is 0.348 e. The summed E-state index contributed by atoms with van der Waals surface area (Å²) in [6.07, 6.45) is 2.25. The number of carbonyl (C=O) groups excluding carboxylic acids is 2. The van der Waals surface area contributed by atoms with Gasteiger partial charge in [0.15, 0.2) is 5.78 Å². The van der Waals surface area contributed by atoms with Crippen LogP contribution in [0.4, 0.5) is 0 Å². The lowest BCUT2D eigenvalue weighted by atomic mass is 9.99. The van der Waals surface area contributed by atoms with Crippen molar-refractivity contribution >= 4 is 11.7 Å². The van der Waals surface area contributed by atoms with E-state index in [9.17, 15) is 9.59 Å². The summed E-state index contributed by atoms with van der Waals surface area (Å²) in [5, 5.41) is 3.12. The topological polar surface area (TPSA) is 49.4 Å². The van der Waals surface area contributed by atoms with Gasteiger partial charge in [0.05, 0.1) is 0 Å². The highest BCUT2D eigenvalue weighted by atomic mass is 16.1. The monoisotopic (exact) mass is 348 g/mol. The molecule has 2 aromatic rings. The smallest absolute Gasteiger partial charge is 0.251 e. The standard InChI is InChI=1S/C22H24N2O2/c1-15(13-24-12-11-16-5-2-3-6-17(16)14-24)23-22(26)20-8-4-7-19-18(20)9-10-21(19)25/h2-8,15H,9-14H2,1H3,(H,23,26)/t15-/m0/s1. The molecule has 4 nitrogen and oxygen atoms in total. The normalized spacial score (nSPS) is 17.5. The summed E-state index contributed by atoms with van der Waals surface area (Å²) in [6.45, 7) is 4.83. The van der Waals surface area contributed by atoms with Crippen molar-refractivity contribution in [3.05, 3.63) is 70.3 Å². The van der Waals surface area contributed by atoms with E-state index in [1.165, 1.54) is 11.1 Å². The molecule has 134 valence electrons. The number of fused-ring (bicyclic) bond motifs is 2. The predicted molar refractivity (Wildman–Crippen MR) is 101 cm³/mol. The minimum atomic E-state index is -0.0681. The van der Waals surface area contributed by atoms with Crippen molar-refractivity contribution in [2.24, 2.45) is 0 Å². The number of hydrogen-bond donors (Lipinski definition) is 1. The Morgan fingerprint density at radius 1 is 1.08 bits per heavy atom. The molecule has 2 aliphatic rings. The van der Waals surface area contributed by atoms with Crippen molar-refractivity contribution in [3.63, 3.8) is 0 Å². The molecule has 0 bridgehead atoms. The fourth-order valence-electron chi connectivity index (χ4n) is 4.15. The highest BCUT2D eigenvalue weighted by Crippen LogP contribution is 2.25. The van der Waals surface area contributed by atoms with Gasteiger partial charge < -0.3 is 5.32 Å². The third kappa shape index (κ3) is 3.29. The van der Waals surface area contributed by atoms with Gasteiger partial charge in [0.25, 0.3) is 5.91 Å². The number of benzene rings is 2. The van der Waals surface area contributed by atoms with Crippen LogP contribution in [0.25, 0.3) is 0 Å². The number of nitrogens with one attached hydrogen (secondary N) is 1. The molecule has 1 N–H and O–H groups in total. The lowest BCUT2D eigenvalue weighted by Crippen LogP contribution is -2.43. The molecule has 1 aliphatic heterocycles. The molecule has 1 aliphatic carbocycles. The molecule has 0 fully saturated rings. The van der Waals surface area contributed by atoms with Crippen molar-refractivity contribution in [3.8, 4) is 0 Å². The quantitative estimate of drug-likeness (QED) is 0.924. The lowest BCUT2D eigenvalue weighted by molar-refractivity contribution is 0.0925. The van der Waals surface area contributed by atoms with Crippen molar-refractivity contribution in [1.82, 2.24) is 10.2 Å². The average molecular weight is 348 g/mol. The van der Waals surface area contributed by atoms with Crippen LogP contribution in [-0.2, 0) is 19.4 Å². The van der Waals surface area contributed by atoms with E-state index < -0.39 is 0 Å². The Morgan fingerprint density at radius 3 is 2.73 bits per heavy atom. The molecule has 0 saturated heterocycles. The minimum Gasteiger partial charge on any atom is -0.348 e. The first-order chi connectivity index (χ1) is 12.6. The minimum absolute atomic E-state index is 0.0562. The zero-order chi connectivity index (χ0) is 18.1. The first kappa shape index (κ1) is 17.0. The Balaban J connectivity index is 1.39. The molecule has 2 aromatic carbocycles. The highest BCUT2D eigenvalue weighted by Gasteiger charge is 2.25. The number of carbonyl (C=O) groups is 2. The van der Waals surface area contributed by atoms with Crippen LogP contribution in [0.2, 0.25) is 0 Å². The second-order valence-electron chi connectivity index (χ2n) is 7.38. The first-order valence-corrected chi connectivity index (χ1v) is 9.37. The SMILES string of the molecule is C[C@@H](CN1CCc2ccccc2C1)NC(=O)c1cccc2c1CCC2=O. The van der Waals surface area contributed by atoms with Crippen LogP contribution in [0, 0.1) is 0 Å². The van der Waals surface area contributed by atoms with Crippen LogP contribution < -0.4 is 5.32 Å². The number of Topliss-reactive ketones (excluding diaryl/α,β-unsaturated/α-hetero) is 1. The number of nitrogens with zero attached hydrogens (tertiary/aromatic N) is 1. The third-order valence-electron chi connectivity index (χ3n) is 5.44. The second kappa shape index (κ2) is 7.04. The van der Waals surface area contributed by atoms with E-state index in [-0.39, 0.29) is 17.7 Å². The zero-order valence-electron chi connectivity index (χ0n) is 15.1. The second-order valence-corrected chi connectivity index (χ2v) is 7.38. The van der Waals surface area contributed by atoms with Crippen molar-refractivity contribution in [2.75, 3.05) is 13.1 Å². The van der Waals surface area contributed by atoms with Crippen molar-refractivity contribution in [2.45, 2.75) is 38.8 Å². The Hall–Kier alpha value is -2.46. The van der Waals surface area contributed by atoms with Crippen LogP contribution in [0.5, 0.6) is 0 Å². The van der Waals surface area contributed by atoms with Gasteiger partial charge >= 0.3 is 0 Å². The molecule has 26 heavy (non-hydrogen) atoms. The number of ketones is 1. The van der Waals surface area contributed by atoms with Crippen molar-refractivity contribution < 1.29 is 9.59 Å². The van der Waals surface area contributed by atoms with Gasteiger partial charge in [0, 0.05) is 43.2 Å². The van der Waals surface area contributed by atoms with Crippen LogP contribution in [0.15, 0.2) is 42.5 Å². The fourth-order valence-corrected chi connectivity index (χ4v) is 4.15. The lowest BCUT2D eigenvalue weighted by Gasteiger charge is -2.31. The maximum absolute atomic E-state index is 12.7. The van der Waals surface area contributed by atoms with Gasteiger partial charge in [-0.3, -0.25) is 14.5 Å². The maximum atomic E-state index is 12.7. The summed E-state index contributed by atoms with van der Waals surface area (Å²) in [5.41, 5.74) is 5.11. The zero-order valence-corrected chi connectivity index (χ0v) is 15.1. The molecule has 0 saturated carbocycles. The van der Waals surface area contributed by atoms with E-state index >= 15 is 0 Å². The molecule has 1 atom stereocenters. The van der Waals surface area contributed by atoms with Crippen LogP contribution in [0.1, 0.15) is 50.8 Å². The Kier molecular flexibility index (Phi) is 4.60. The summed E-state index contributed by atoms with van der Waals surface area (Å²) in [7, 11) is 0. The third-order valence-corrected chi connectivity index (χ3v) is 5.44. The molecular weight excluding hydrogens is 324 g/mol. The summed E-state index contributed by atoms with van der Waals surface area (Å²) in [6, 6.07) is 14.1. The van der Waals surface area contributed by atoms with Crippen LogP contribution >= 0.6 is 0 Å². The molecule has 0 unspecified atom stereocenters. The molecule has 0 aromatic heterocycles. The number of rotatable bonds is 4. The summed E-state index contributed by atoms with van der Waals surface area (Å²) < 4.78 is 0. The van der Waals surface area contributed by atoms with E-state index in [2.05, 4.69) is 34.5 Å². The summed E-state index contributed by atoms with van der Waals surface area (Å²) >= 11 is 0. The molecule has 1 heterocycles. The number of amides is 1. The predicted octanol–water partition coefficient (Wildman–Crippen LogP) is 2.99. The molecule has 1 amide bonds. The molecule has 0 radical (unpaired) electrons. The molecule has 4 heteroatoms. The average Bonchev–Trinajstić information content (AvgIpc) is 3.02. The van der Waals surface area contributed by atoms with E-state index in [4.69, 9.17) is 0 Å². The van der Waals surface area contributed by atoms with Crippen LogP contribution in [-0.4, -0.2) is 35.7 Å². The first-order valence-electron chi connectivity index (χ1n) is 9.37. The Morgan fingerprint density at radius 2 is 1.88 bits per heavy atom. The fraction of sp³-hybridized carbons (Fsp3) is 0.364. The van der Waals surface area contributed by atoms with Gasteiger partial charge in [-0.05, 0) is 42.5 Å². The van der Waals surface area contributed by atoms with Crippen LogP contribution in [0.3, 0.4) is 0 Å². The van der Waals surface area contributed by atoms with Gasteiger partial charge in [-0.2, -0.15) is 0 Å². The summed E-state index contributed by atoms with van der Waals surface area (Å²) in [5.74, 6) is 0.0798. The van der Waals surface area contributed by atoms with E-state index in [1.54, 1.807) is 0 Å². The summed E-state index contributed by atoms with van der Waals surface area (Å²) in [4.78, 5) is 27.0. The van der Waals surface area contributed by atoms with Gasteiger partial charge in [-0.1, -0.05) is 36.4 Å². The van der Waals surface area contributed by atoms with Gasteiger partial charge in [-0.15, -0.1) is 0 Å². The maximum Gasteiger partial charge on any atom is 0.251 e. The van der Waals surface area contributed by atoms with Gasteiger partial charge in [0.2, 0.25) is 0 Å². The molecule has 0 spiro atoms. The van der Waals surface area contributed by atoms with Crippen molar-refractivity contribution in [1.29, 1.82) is 0 Å². The van der Waals surface area contributed by atoms with E-state index in [1.807, 2.05) is 25.1 Å². The Bertz CT molecular complexity index is 859. The molecule has 4 rings (SSSR count). The molecular formula is C22H24N2O2. The van der Waals surface area contributed by atoms with Gasteiger partial charge in [0.1, 0.15) is 0 Å².